The SMILES string of the molecule is Cc1ccc(C)c(NC(=O)COC(=O)[C@@H]2CC(=O)N(c3cccc(Cl)c3)C2)c1. The molecular weight excluding hydrogens is 380 g/mol. The van der Waals surface area contributed by atoms with Crippen LogP contribution in [0, 0.1) is 19.8 Å². The van der Waals surface area contributed by atoms with E-state index in [0.717, 1.165) is 11.1 Å². The quantitative estimate of drug-likeness (QED) is 0.779. The Kier molecular flexibility index (Phi) is 5.99. The predicted octanol–water partition coefficient (Wildman–Crippen LogP) is 3.49. The van der Waals surface area contributed by atoms with Crippen molar-refractivity contribution in [3.05, 3.63) is 58.6 Å². The van der Waals surface area contributed by atoms with Gasteiger partial charge in [0.05, 0.1) is 5.92 Å². The van der Waals surface area contributed by atoms with E-state index in [4.69, 9.17) is 16.3 Å². The van der Waals surface area contributed by atoms with Gasteiger partial charge in [-0.3, -0.25) is 14.4 Å². The first kappa shape index (κ1) is 19.9. The predicted molar refractivity (Wildman–Crippen MR) is 107 cm³/mol. The summed E-state index contributed by atoms with van der Waals surface area (Å²) in [6.07, 6.45) is 0.0456. The summed E-state index contributed by atoms with van der Waals surface area (Å²) in [5.41, 5.74) is 3.26. The second-order valence-corrected chi connectivity index (χ2v) is 7.30. The van der Waals surface area contributed by atoms with E-state index in [-0.39, 0.29) is 18.9 Å². The minimum Gasteiger partial charge on any atom is -0.455 e. The van der Waals surface area contributed by atoms with Crippen LogP contribution in [0.15, 0.2) is 42.5 Å². The lowest BCUT2D eigenvalue weighted by Gasteiger charge is -2.16. The summed E-state index contributed by atoms with van der Waals surface area (Å²) in [7, 11) is 0. The van der Waals surface area contributed by atoms with Gasteiger partial charge in [-0.05, 0) is 49.2 Å². The monoisotopic (exact) mass is 400 g/mol. The number of rotatable bonds is 5. The normalized spacial score (nSPS) is 16.2. The molecule has 1 N–H and O–H groups in total. The smallest absolute Gasteiger partial charge is 0.311 e. The van der Waals surface area contributed by atoms with E-state index in [0.29, 0.717) is 16.4 Å². The first-order valence-electron chi connectivity index (χ1n) is 8.93. The molecule has 1 aliphatic heterocycles. The minimum absolute atomic E-state index is 0.0456. The first-order valence-corrected chi connectivity index (χ1v) is 9.31. The number of amides is 2. The zero-order chi connectivity index (χ0) is 20.3. The average Bonchev–Trinajstić information content (AvgIpc) is 3.04. The summed E-state index contributed by atoms with van der Waals surface area (Å²) >= 11 is 5.97. The molecule has 0 spiro atoms. The highest BCUT2D eigenvalue weighted by Gasteiger charge is 2.36. The van der Waals surface area contributed by atoms with Gasteiger partial charge < -0.3 is 15.0 Å². The number of hydrogen-bond donors (Lipinski definition) is 1. The molecule has 146 valence electrons. The minimum atomic E-state index is -0.611. The van der Waals surface area contributed by atoms with Crippen LogP contribution in [0.5, 0.6) is 0 Å². The molecule has 1 heterocycles. The van der Waals surface area contributed by atoms with Crippen LogP contribution >= 0.6 is 11.6 Å². The fraction of sp³-hybridized carbons (Fsp3) is 0.286. The van der Waals surface area contributed by atoms with Crippen LogP contribution in [-0.4, -0.2) is 30.9 Å². The van der Waals surface area contributed by atoms with E-state index in [1.807, 2.05) is 32.0 Å². The van der Waals surface area contributed by atoms with Crippen molar-refractivity contribution < 1.29 is 19.1 Å². The van der Waals surface area contributed by atoms with Gasteiger partial charge in [-0.2, -0.15) is 0 Å². The van der Waals surface area contributed by atoms with Crippen molar-refractivity contribution in [1.82, 2.24) is 0 Å². The van der Waals surface area contributed by atoms with Crippen molar-refractivity contribution in [2.24, 2.45) is 5.92 Å². The maximum atomic E-state index is 12.3. The van der Waals surface area contributed by atoms with Gasteiger partial charge in [0.15, 0.2) is 6.61 Å². The van der Waals surface area contributed by atoms with E-state index >= 15 is 0 Å². The van der Waals surface area contributed by atoms with Crippen molar-refractivity contribution in [2.45, 2.75) is 20.3 Å². The largest absolute Gasteiger partial charge is 0.455 e. The van der Waals surface area contributed by atoms with Gasteiger partial charge in [0.25, 0.3) is 5.91 Å². The van der Waals surface area contributed by atoms with Crippen molar-refractivity contribution in [2.75, 3.05) is 23.4 Å². The van der Waals surface area contributed by atoms with Gasteiger partial charge in [0.2, 0.25) is 5.91 Å². The molecule has 6 nitrogen and oxygen atoms in total. The Labute approximate surface area is 168 Å². The molecule has 1 fully saturated rings. The van der Waals surface area contributed by atoms with Crippen LogP contribution < -0.4 is 10.2 Å². The number of aryl methyl sites for hydroxylation is 2. The number of nitrogens with one attached hydrogen (secondary N) is 1. The lowest BCUT2D eigenvalue weighted by Crippen LogP contribution is -2.28. The fourth-order valence-electron chi connectivity index (χ4n) is 3.07. The molecule has 2 aromatic rings. The van der Waals surface area contributed by atoms with Gasteiger partial charge in [-0.1, -0.05) is 29.8 Å². The number of esters is 1. The molecule has 0 aromatic heterocycles. The Morgan fingerprint density at radius 1 is 1.21 bits per heavy atom. The van der Waals surface area contributed by atoms with Gasteiger partial charge in [0, 0.05) is 29.4 Å². The summed E-state index contributed by atoms with van der Waals surface area (Å²) in [4.78, 5) is 38.2. The molecule has 0 aliphatic carbocycles. The lowest BCUT2D eigenvalue weighted by atomic mass is 10.1. The van der Waals surface area contributed by atoms with E-state index < -0.39 is 24.4 Å². The highest BCUT2D eigenvalue weighted by molar-refractivity contribution is 6.31. The maximum Gasteiger partial charge on any atom is 0.311 e. The first-order chi connectivity index (χ1) is 13.3. The van der Waals surface area contributed by atoms with Crippen molar-refractivity contribution in [3.8, 4) is 0 Å². The second-order valence-electron chi connectivity index (χ2n) is 6.86. The van der Waals surface area contributed by atoms with Crippen LogP contribution in [-0.2, 0) is 19.1 Å². The van der Waals surface area contributed by atoms with Crippen LogP contribution in [0.4, 0.5) is 11.4 Å². The average molecular weight is 401 g/mol. The van der Waals surface area contributed by atoms with Gasteiger partial charge in [-0.25, -0.2) is 0 Å². The molecule has 7 heteroatoms. The third-order valence-corrected chi connectivity index (χ3v) is 4.83. The number of halogens is 1. The molecule has 1 saturated heterocycles. The standard InChI is InChI=1S/C21H21ClN2O4/c1-13-6-7-14(2)18(8-13)23-19(25)12-28-21(27)15-9-20(26)24(11-15)17-5-3-4-16(22)10-17/h3-8,10,15H,9,11-12H2,1-2H3,(H,23,25)/t15-/m1/s1. The number of ether oxygens (including phenoxy) is 1. The van der Waals surface area contributed by atoms with Crippen LogP contribution in [0.25, 0.3) is 0 Å². The maximum absolute atomic E-state index is 12.3. The number of anilines is 2. The number of hydrogen-bond acceptors (Lipinski definition) is 4. The topological polar surface area (TPSA) is 75.7 Å². The summed E-state index contributed by atoms with van der Waals surface area (Å²) in [5, 5.41) is 3.25. The highest BCUT2D eigenvalue weighted by atomic mass is 35.5. The summed E-state index contributed by atoms with van der Waals surface area (Å²) in [6.45, 7) is 3.62. The van der Waals surface area contributed by atoms with Crippen molar-refractivity contribution in [1.29, 1.82) is 0 Å². The van der Waals surface area contributed by atoms with E-state index in [1.165, 1.54) is 4.90 Å². The molecule has 28 heavy (non-hydrogen) atoms. The Morgan fingerprint density at radius 2 is 2.00 bits per heavy atom. The summed E-state index contributed by atoms with van der Waals surface area (Å²) < 4.78 is 5.13. The Morgan fingerprint density at radius 3 is 2.75 bits per heavy atom. The molecule has 0 radical (unpaired) electrons. The van der Waals surface area contributed by atoms with Crippen molar-refractivity contribution >= 4 is 40.8 Å². The zero-order valence-electron chi connectivity index (χ0n) is 15.7. The summed E-state index contributed by atoms with van der Waals surface area (Å²) in [5.74, 6) is -1.77. The second kappa shape index (κ2) is 8.44. The van der Waals surface area contributed by atoms with Crippen LogP contribution in [0.2, 0.25) is 5.02 Å². The summed E-state index contributed by atoms with van der Waals surface area (Å²) in [6, 6.07) is 12.6. The highest BCUT2D eigenvalue weighted by Crippen LogP contribution is 2.27. The third kappa shape index (κ3) is 4.70. The van der Waals surface area contributed by atoms with E-state index in [1.54, 1.807) is 24.3 Å². The molecule has 3 rings (SSSR count). The van der Waals surface area contributed by atoms with Gasteiger partial charge in [0.1, 0.15) is 0 Å². The van der Waals surface area contributed by atoms with Crippen molar-refractivity contribution in [3.63, 3.8) is 0 Å². The molecule has 0 bridgehead atoms. The molecular formula is C21H21ClN2O4. The third-order valence-electron chi connectivity index (χ3n) is 4.59. The fourth-order valence-corrected chi connectivity index (χ4v) is 3.25. The molecule has 1 atom stereocenters. The molecule has 1 aliphatic rings. The molecule has 2 aromatic carbocycles. The number of benzene rings is 2. The van der Waals surface area contributed by atoms with Gasteiger partial charge >= 0.3 is 5.97 Å². The van der Waals surface area contributed by atoms with E-state index in [9.17, 15) is 14.4 Å². The Balaban J connectivity index is 1.54. The molecule has 0 saturated carbocycles. The number of nitrogens with zero attached hydrogens (tertiary/aromatic N) is 1. The molecule has 2 amide bonds. The Hall–Kier alpha value is -2.86. The Bertz CT molecular complexity index is 928. The zero-order valence-corrected chi connectivity index (χ0v) is 16.5. The lowest BCUT2D eigenvalue weighted by molar-refractivity contribution is -0.151. The molecule has 0 unspecified atom stereocenters. The number of carbonyl (C=O) groups is 3. The van der Waals surface area contributed by atoms with Gasteiger partial charge in [-0.15, -0.1) is 0 Å². The number of carbonyl (C=O) groups excluding carboxylic acids is 3. The van der Waals surface area contributed by atoms with E-state index in [2.05, 4.69) is 5.32 Å². The van der Waals surface area contributed by atoms with Crippen LogP contribution in [0.3, 0.4) is 0 Å². The van der Waals surface area contributed by atoms with Crippen LogP contribution in [0.1, 0.15) is 17.5 Å².